The molecule has 0 aliphatic carbocycles. The molecule has 0 radical (unpaired) electrons. The maximum Gasteiger partial charge on any atom is 0.247 e. The van der Waals surface area contributed by atoms with E-state index in [0.29, 0.717) is 17.4 Å². The second-order valence-electron chi connectivity index (χ2n) is 8.58. The lowest BCUT2D eigenvalue weighted by Crippen LogP contribution is -2.21. The lowest BCUT2D eigenvalue weighted by molar-refractivity contribution is 0.556. The van der Waals surface area contributed by atoms with Crippen molar-refractivity contribution < 1.29 is 4.42 Å². The van der Waals surface area contributed by atoms with E-state index in [-0.39, 0.29) is 6.04 Å². The standard InChI is InChI=1S/C29H23ClN4O/c1-2-19-10-12-20(13-11-19)26-18-25(27-9-6-16-35-27)33-34(26)29-31-24-15-14-22(30)17-23(24)28(32-29)21-7-4-3-5-8-21/h3-17,26H,2,18H2,1H3. The first-order chi connectivity index (χ1) is 17.2. The Hall–Kier alpha value is -3.96. The highest BCUT2D eigenvalue weighted by molar-refractivity contribution is 6.31. The molecule has 0 spiro atoms. The summed E-state index contributed by atoms with van der Waals surface area (Å²) < 4.78 is 5.69. The minimum atomic E-state index is -0.0469. The maximum absolute atomic E-state index is 6.35. The average Bonchev–Trinajstić information content (AvgIpc) is 3.59. The van der Waals surface area contributed by atoms with Crippen molar-refractivity contribution in [1.29, 1.82) is 0 Å². The molecule has 6 rings (SSSR count). The molecule has 1 aliphatic rings. The van der Waals surface area contributed by atoms with E-state index in [4.69, 9.17) is 31.1 Å². The van der Waals surface area contributed by atoms with Gasteiger partial charge >= 0.3 is 0 Å². The fourth-order valence-corrected chi connectivity index (χ4v) is 4.70. The number of halogens is 1. The van der Waals surface area contributed by atoms with Crippen LogP contribution in [0.4, 0.5) is 5.95 Å². The van der Waals surface area contributed by atoms with Crippen LogP contribution in [0.3, 0.4) is 0 Å². The summed E-state index contributed by atoms with van der Waals surface area (Å²) in [6, 6.07) is 28.3. The molecule has 0 fully saturated rings. The molecule has 3 aromatic carbocycles. The molecule has 2 aromatic heterocycles. The molecule has 0 saturated heterocycles. The number of hydrogen-bond donors (Lipinski definition) is 0. The first kappa shape index (κ1) is 21.6. The van der Waals surface area contributed by atoms with Crippen molar-refractivity contribution in [3.8, 4) is 11.3 Å². The van der Waals surface area contributed by atoms with Gasteiger partial charge in [0, 0.05) is 22.4 Å². The van der Waals surface area contributed by atoms with Gasteiger partial charge in [-0.3, -0.25) is 0 Å². The summed E-state index contributed by atoms with van der Waals surface area (Å²) in [5.41, 5.74) is 5.99. The number of aromatic nitrogens is 2. The molecule has 1 aliphatic heterocycles. The van der Waals surface area contributed by atoms with Crippen LogP contribution in [0, 0.1) is 0 Å². The Balaban J connectivity index is 1.52. The van der Waals surface area contributed by atoms with Gasteiger partial charge in [-0.05, 0) is 47.9 Å². The lowest BCUT2D eigenvalue weighted by Gasteiger charge is -2.23. The van der Waals surface area contributed by atoms with Gasteiger partial charge in [0.15, 0.2) is 0 Å². The van der Waals surface area contributed by atoms with E-state index in [1.54, 1.807) is 6.26 Å². The Morgan fingerprint density at radius 1 is 0.943 bits per heavy atom. The predicted molar refractivity (Wildman–Crippen MR) is 141 cm³/mol. The monoisotopic (exact) mass is 478 g/mol. The van der Waals surface area contributed by atoms with Gasteiger partial charge in [0.2, 0.25) is 5.95 Å². The first-order valence-corrected chi connectivity index (χ1v) is 12.1. The lowest BCUT2D eigenvalue weighted by atomic mass is 9.99. The number of fused-ring (bicyclic) bond motifs is 1. The fraction of sp³-hybridized carbons (Fsp3) is 0.138. The molecule has 3 heterocycles. The van der Waals surface area contributed by atoms with Crippen molar-refractivity contribution in [2.75, 3.05) is 5.01 Å². The molecular weight excluding hydrogens is 456 g/mol. The first-order valence-electron chi connectivity index (χ1n) is 11.7. The number of benzene rings is 3. The molecule has 0 bridgehead atoms. The number of rotatable bonds is 5. The Kier molecular flexibility index (Phi) is 5.55. The van der Waals surface area contributed by atoms with Gasteiger partial charge in [-0.15, -0.1) is 0 Å². The predicted octanol–water partition coefficient (Wildman–Crippen LogP) is 7.46. The van der Waals surface area contributed by atoms with Crippen molar-refractivity contribution in [2.24, 2.45) is 5.10 Å². The average molecular weight is 479 g/mol. The summed E-state index contributed by atoms with van der Waals surface area (Å²) in [6.07, 6.45) is 3.37. The molecule has 0 amide bonds. The number of nitrogens with zero attached hydrogens (tertiary/aromatic N) is 4. The van der Waals surface area contributed by atoms with E-state index >= 15 is 0 Å². The van der Waals surface area contributed by atoms with Crippen molar-refractivity contribution in [3.05, 3.63) is 113 Å². The van der Waals surface area contributed by atoms with E-state index in [9.17, 15) is 0 Å². The quantitative estimate of drug-likeness (QED) is 0.263. The van der Waals surface area contributed by atoms with Crippen LogP contribution in [-0.4, -0.2) is 15.7 Å². The summed E-state index contributed by atoms with van der Waals surface area (Å²) in [5, 5.41) is 8.46. The van der Waals surface area contributed by atoms with Gasteiger partial charge in [0.1, 0.15) is 11.5 Å². The molecule has 35 heavy (non-hydrogen) atoms. The Morgan fingerprint density at radius 2 is 1.77 bits per heavy atom. The van der Waals surface area contributed by atoms with E-state index < -0.39 is 0 Å². The van der Waals surface area contributed by atoms with Gasteiger partial charge in [-0.1, -0.05) is 73.1 Å². The van der Waals surface area contributed by atoms with Crippen LogP contribution in [0.1, 0.15) is 36.3 Å². The van der Waals surface area contributed by atoms with E-state index in [1.165, 1.54) is 5.56 Å². The minimum Gasteiger partial charge on any atom is -0.463 e. The number of hydrazone groups is 1. The zero-order valence-corrected chi connectivity index (χ0v) is 20.0. The number of anilines is 1. The summed E-state index contributed by atoms with van der Waals surface area (Å²) in [6.45, 7) is 2.16. The largest absolute Gasteiger partial charge is 0.463 e. The molecule has 1 atom stereocenters. The van der Waals surface area contributed by atoms with E-state index in [1.807, 2.05) is 53.5 Å². The van der Waals surface area contributed by atoms with Crippen LogP contribution in [0.25, 0.3) is 22.2 Å². The third-order valence-electron chi connectivity index (χ3n) is 6.39. The highest BCUT2D eigenvalue weighted by Gasteiger charge is 2.33. The van der Waals surface area contributed by atoms with Gasteiger partial charge < -0.3 is 4.42 Å². The van der Waals surface area contributed by atoms with E-state index in [0.717, 1.165) is 45.6 Å². The van der Waals surface area contributed by atoms with Gasteiger partial charge in [-0.25, -0.2) is 15.0 Å². The van der Waals surface area contributed by atoms with Crippen LogP contribution >= 0.6 is 11.6 Å². The van der Waals surface area contributed by atoms with E-state index in [2.05, 4.69) is 43.3 Å². The zero-order valence-electron chi connectivity index (χ0n) is 19.2. The van der Waals surface area contributed by atoms with Crippen LogP contribution in [0.5, 0.6) is 0 Å². The highest BCUT2D eigenvalue weighted by atomic mass is 35.5. The second-order valence-corrected chi connectivity index (χ2v) is 9.02. The molecule has 6 heteroatoms. The highest BCUT2D eigenvalue weighted by Crippen LogP contribution is 2.38. The fourth-order valence-electron chi connectivity index (χ4n) is 4.53. The molecule has 5 aromatic rings. The molecule has 1 unspecified atom stereocenters. The molecule has 0 N–H and O–H groups in total. The van der Waals surface area contributed by atoms with Crippen molar-refractivity contribution >= 4 is 34.2 Å². The van der Waals surface area contributed by atoms with Crippen molar-refractivity contribution in [3.63, 3.8) is 0 Å². The SMILES string of the molecule is CCc1ccc(C2CC(c3ccco3)=NN2c2nc(-c3ccccc3)c3cc(Cl)ccc3n2)cc1. The van der Waals surface area contributed by atoms with Crippen LogP contribution in [0.2, 0.25) is 5.02 Å². The number of furan rings is 1. The molecule has 0 saturated carbocycles. The summed E-state index contributed by atoms with van der Waals surface area (Å²) >= 11 is 6.35. The molecule has 5 nitrogen and oxygen atoms in total. The number of aryl methyl sites for hydroxylation is 1. The molecular formula is C29H23ClN4O. The Bertz CT molecular complexity index is 1510. The molecule has 172 valence electrons. The van der Waals surface area contributed by atoms with Crippen LogP contribution < -0.4 is 5.01 Å². The van der Waals surface area contributed by atoms with Crippen LogP contribution in [-0.2, 0) is 6.42 Å². The maximum atomic E-state index is 6.35. The Morgan fingerprint density at radius 3 is 2.51 bits per heavy atom. The number of hydrogen-bond acceptors (Lipinski definition) is 5. The van der Waals surface area contributed by atoms with Gasteiger partial charge in [-0.2, -0.15) is 5.10 Å². The topological polar surface area (TPSA) is 54.5 Å². The smallest absolute Gasteiger partial charge is 0.247 e. The van der Waals surface area contributed by atoms with Gasteiger partial charge in [0.05, 0.1) is 23.5 Å². The van der Waals surface area contributed by atoms with Crippen LogP contribution in [0.15, 0.2) is 101 Å². The summed E-state index contributed by atoms with van der Waals surface area (Å²) in [5.74, 6) is 1.31. The van der Waals surface area contributed by atoms with Crippen molar-refractivity contribution in [2.45, 2.75) is 25.8 Å². The third-order valence-corrected chi connectivity index (χ3v) is 6.62. The second kappa shape index (κ2) is 9.01. The Labute approximate surface area is 208 Å². The summed E-state index contributed by atoms with van der Waals surface area (Å²) in [7, 11) is 0. The minimum absolute atomic E-state index is 0.0469. The zero-order chi connectivity index (χ0) is 23.8. The summed E-state index contributed by atoms with van der Waals surface area (Å²) in [4.78, 5) is 9.97. The van der Waals surface area contributed by atoms with Gasteiger partial charge in [0.25, 0.3) is 0 Å². The normalized spacial score (nSPS) is 15.5. The third kappa shape index (κ3) is 4.08. The van der Waals surface area contributed by atoms with Crippen molar-refractivity contribution in [1.82, 2.24) is 9.97 Å².